The number of fused-ring (bicyclic) bond motifs is 1. The van der Waals surface area contributed by atoms with E-state index in [1.54, 1.807) is 0 Å². The topological polar surface area (TPSA) is 32.7 Å². The van der Waals surface area contributed by atoms with Crippen molar-refractivity contribution in [2.75, 3.05) is 13.1 Å². The zero-order chi connectivity index (χ0) is 14.3. The first-order chi connectivity index (χ1) is 9.53. The number of hydrogen-bond acceptors (Lipinski definition) is 3. The van der Waals surface area contributed by atoms with Crippen molar-refractivity contribution in [2.24, 2.45) is 0 Å². The van der Waals surface area contributed by atoms with Crippen molar-refractivity contribution in [1.82, 2.24) is 4.90 Å². The summed E-state index contributed by atoms with van der Waals surface area (Å²) in [6.07, 6.45) is 2.97. The molecule has 2 aliphatic rings. The number of aryl methyl sites for hydroxylation is 1. The number of rotatable bonds is 2. The van der Waals surface area contributed by atoms with Crippen molar-refractivity contribution < 1.29 is 9.84 Å². The zero-order valence-corrected chi connectivity index (χ0v) is 12.7. The summed E-state index contributed by atoms with van der Waals surface area (Å²) in [7, 11) is 0. The fraction of sp³-hybridized carbons (Fsp3) is 0.647. The van der Waals surface area contributed by atoms with Gasteiger partial charge >= 0.3 is 0 Å². The molecule has 2 heterocycles. The Hall–Kier alpha value is -1.06. The third kappa shape index (κ3) is 2.23. The molecule has 110 valence electrons. The summed E-state index contributed by atoms with van der Waals surface area (Å²) in [4.78, 5) is 2.40. The lowest BCUT2D eigenvalue weighted by Crippen LogP contribution is -2.57. The summed E-state index contributed by atoms with van der Waals surface area (Å²) in [5.74, 6) is 0.843. The fourth-order valence-corrected chi connectivity index (χ4v) is 3.70. The second-order valence-electron chi connectivity index (χ2n) is 6.56. The van der Waals surface area contributed by atoms with E-state index in [0.29, 0.717) is 0 Å². The Morgan fingerprint density at radius 1 is 1.30 bits per heavy atom. The molecule has 3 heteroatoms. The van der Waals surface area contributed by atoms with E-state index in [1.165, 1.54) is 18.4 Å². The molecule has 0 aromatic heterocycles. The maximum atomic E-state index is 10.9. The normalized spacial score (nSPS) is 29.0. The largest absolute Gasteiger partial charge is 0.486 e. The number of likely N-dealkylation sites (tertiary alicyclic amines) is 1. The van der Waals surface area contributed by atoms with Crippen molar-refractivity contribution in [1.29, 1.82) is 0 Å². The highest BCUT2D eigenvalue weighted by atomic mass is 16.5. The number of aliphatic hydroxyl groups excluding tert-OH is 1. The van der Waals surface area contributed by atoms with Crippen LogP contribution in [0.4, 0.5) is 0 Å². The molecule has 3 rings (SSSR count). The molecule has 0 saturated carbocycles. The molecule has 1 aromatic carbocycles. The fourth-order valence-electron chi connectivity index (χ4n) is 3.70. The Morgan fingerprint density at radius 2 is 2.00 bits per heavy atom. The average Bonchev–Trinajstić information content (AvgIpc) is 2.91. The molecule has 1 fully saturated rings. The van der Waals surface area contributed by atoms with Crippen LogP contribution in [-0.4, -0.2) is 34.7 Å². The highest BCUT2D eigenvalue weighted by Gasteiger charge is 2.46. The van der Waals surface area contributed by atoms with Gasteiger partial charge in [0.2, 0.25) is 0 Å². The Bertz CT molecular complexity index is 492. The molecule has 0 radical (unpaired) electrons. The van der Waals surface area contributed by atoms with Crippen molar-refractivity contribution in [3.05, 3.63) is 29.3 Å². The van der Waals surface area contributed by atoms with Gasteiger partial charge in [0.15, 0.2) is 0 Å². The minimum Gasteiger partial charge on any atom is -0.486 e. The van der Waals surface area contributed by atoms with Gasteiger partial charge in [0, 0.05) is 5.56 Å². The van der Waals surface area contributed by atoms with Crippen LogP contribution < -0.4 is 4.74 Å². The highest BCUT2D eigenvalue weighted by molar-refractivity contribution is 5.42. The summed E-state index contributed by atoms with van der Waals surface area (Å²) in [6, 6.07) is 6.26. The van der Waals surface area contributed by atoms with Gasteiger partial charge in [0.1, 0.15) is 17.5 Å². The molecule has 0 aliphatic carbocycles. The molecule has 0 bridgehead atoms. The third-order valence-electron chi connectivity index (χ3n) is 4.72. The van der Waals surface area contributed by atoms with Crippen molar-refractivity contribution >= 4 is 0 Å². The van der Waals surface area contributed by atoms with Gasteiger partial charge in [-0.2, -0.15) is 0 Å². The Labute approximate surface area is 121 Å². The summed E-state index contributed by atoms with van der Waals surface area (Å²) in [6.45, 7) is 8.46. The van der Waals surface area contributed by atoms with Crippen LogP contribution in [0, 0.1) is 0 Å². The van der Waals surface area contributed by atoms with Crippen molar-refractivity contribution in [2.45, 2.75) is 57.8 Å². The summed E-state index contributed by atoms with van der Waals surface area (Å²) < 4.78 is 6.21. The number of nitrogens with zero attached hydrogens (tertiary/aromatic N) is 1. The monoisotopic (exact) mass is 275 g/mol. The van der Waals surface area contributed by atoms with E-state index in [2.05, 4.69) is 37.8 Å². The average molecular weight is 275 g/mol. The van der Waals surface area contributed by atoms with Crippen LogP contribution in [0.2, 0.25) is 0 Å². The van der Waals surface area contributed by atoms with E-state index in [-0.39, 0.29) is 11.6 Å². The second-order valence-corrected chi connectivity index (χ2v) is 6.56. The van der Waals surface area contributed by atoms with Crippen LogP contribution in [0.25, 0.3) is 0 Å². The molecular formula is C17H25NO2. The lowest BCUT2D eigenvalue weighted by atomic mass is 9.84. The van der Waals surface area contributed by atoms with Crippen LogP contribution in [0.1, 0.15) is 50.8 Å². The second kappa shape index (κ2) is 5.05. The first-order valence-electron chi connectivity index (χ1n) is 7.77. The van der Waals surface area contributed by atoms with Crippen molar-refractivity contribution in [3.63, 3.8) is 0 Å². The maximum absolute atomic E-state index is 10.9. The zero-order valence-electron chi connectivity index (χ0n) is 12.7. The third-order valence-corrected chi connectivity index (χ3v) is 4.72. The summed E-state index contributed by atoms with van der Waals surface area (Å²) in [5, 5.41) is 10.9. The van der Waals surface area contributed by atoms with Gasteiger partial charge in [-0.25, -0.2) is 0 Å². The standard InChI is InChI=1S/C17H25NO2/c1-4-12-7-8-14-13(11-12)15(19)16(17(2,3)20-14)18-9-5-6-10-18/h7-8,11,15-16,19H,4-6,9-10H2,1-3H3. The van der Waals surface area contributed by atoms with Crippen LogP contribution in [0.15, 0.2) is 18.2 Å². The smallest absolute Gasteiger partial charge is 0.126 e. The molecule has 3 nitrogen and oxygen atoms in total. The van der Waals surface area contributed by atoms with Gasteiger partial charge in [0.25, 0.3) is 0 Å². The molecule has 1 saturated heterocycles. The predicted octanol–water partition coefficient (Wildman–Crippen LogP) is 2.92. The predicted molar refractivity (Wildman–Crippen MR) is 80.1 cm³/mol. The van der Waals surface area contributed by atoms with Crippen LogP contribution in [0.5, 0.6) is 5.75 Å². The first-order valence-corrected chi connectivity index (χ1v) is 7.77. The summed E-state index contributed by atoms with van der Waals surface area (Å²) >= 11 is 0. The maximum Gasteiger partial charge on any atom is 0.126 e. The van der Waals surface area contributed by atoms with Gasteiger partial charge in [-0.3, -0.25) is 4.90 Å². The Kier molecular flexibility index (Phi) is 3.51. The van der Waals surface area contributed by atoms with E-state index >= 15 is 0 Å². The van der Waals surface area contributed by atoms with Gasteiger partial charge in [-0.05, 0) is 63.9 Å². The van der Waals surface area contributed by atoms with Gasteiger partial charge in [-0.15, -0.1) is 0 Å². The minimum atomic E-state index is -0.460. The number of benzene rings is 1. The SMILES string of the molecule is CCc1ccc2c(c1)C(O)C(N1CCCC1)C(C)(C)O2. The van der Waals surface area contributed by atoms with Gasteiger partial charge < -0.3 is 9.84 Å². The molecule has 1 N–H and O–H groups in total. The molecule has 2 unspecified atom stereocenters. The van der Waals surface area contributed by atoms with Gasteiger partial charge in [0.05, 0.1) is 6.04 Å². The van der Waals surface area contributed by atoms with Crippen molar-refractivity contribution in [3.8, 4) is 5.75 Å². The number of hydrogen-bond donors (Lipinski definition) is 1. The quantitative estimate of drug-likeness (QED) is 0.901. The van der Waals surface area contributed by atoms with Crippen LogP contribution >= 0.6 is 0 Å². The van der Waals surface area contributed by atoms with E-state index in [9.17, 15) is 5.11 Å². The molecule has 20 heavy (non-hydrogen) atoms. The van der Waals surface area contributed by atoms with E-state index in [1.807, 2.05) is 6.07 Å². The Morgan fingerprint density at radius 3 is 2.65 bits per heavy atom. The van der Waals surface area contributed by atoms with Crippen LogP contribution in [-0.2, 0) is 6.42 Å². The number of ether oxygens (including phenoxy) is 1. The minimum absolute atomic E-state index is 0.0459. The van der Waals surface area contributed by atoms with Crippen LogP contribution in [0.3, 0.4) is 0 Å². The highest BCUT2D eigenvalue weighted by Crippen LogP contribution is 2.43. The van der Waals surface area contributed by atoms with E-state index < -0.39 is 6.10 Å². The van der Waals surface area contributed by atoms with Gasteiger partial charge in [-0.1, -0.05) is 13.0 Å². The molecule has 0 amide bonds. The molecule has 1 aromatic rings. The molecular weight excluding hydrogens is 250 g/mol. The lowest BCUT2D eigenvalue weighted by Gasteiger charge is -2.47. The number of aliphatic hydroxyl groups is 1. The molecule has 2 aliphatic heterocycles. The first kappa shape index (κ1) is 13.9. The Balaban J connectivity index is 1.99. The lowest BCUT2D eigenvalue weighted by molar-refractivity contribution is -0.0758. The molecule has 2 atom stereocenters. The van der Waals surface area contributed by atoms with E-state index in [4.69, 9.17) is 4.74 Å². The summed E-state index contributed by atoms with van der Waals surface area (Å²) in [5.41, 5.74) is 1.86. The molecule has 0 spiro atoms. The van der Waals surface area contributed by atoms with E-state index in [0.717, 1.165) is 30.8 Å².